The monoisotopic (exact) mass is 309 g/mol. The molecule has 0 aromatic heterocycles. The minimum atomic E-state index is 0.457. The number of rotatable bonds is 3. The van der Waals surface area contributed by atoms with Gasteiger partial charge in [0.15, 0.2) is 5.17 Å². The van der Waals surface area contributed by atoms with Gasteiger partial charge in [0.1, 0.15) is 0 Å². The highest BCUT2D eigenvalue weighted by molar-refractivity contribution is 8.13. The van der Waals surface area contributed by atoms with Crippen molar-refractivity contribution in [3.8, 4) is 0 Å². The molecule has 3 aliphatic rings. The van der Waals surface area contributed by atoms with Gasteiger partial charge in [-0.2, -0.15) is 0 Å². The molecule has 3 aliphatic heterocycles. The zero-order valence-electron chi connectivity index (χ0n) is 13.9. The Labute approximate surface area is 134 Å². The minimum absolute atomic E-state index is 0.457. The van der Waals surface area contributed by atoms with Crippen molar-refractivity contribution in [3.05, 3.63) is 0 Å². The Kier molecular flexibility index (Phi) is 4.84. The first kappa shape index (κ1) is 15.7. The van der Waals surface area contributed by atoms with Gasteiger partial charge in [-0.15, -0.1) is 0 Å². The number of nitrogens with zero attached hydrogens (tertiary/aromatic N) is 2. The molecule has 2 saturated heterocycles. The molecule has 3 rings (SSSR count). The van der Waals surface area contributed by atoms with Crippen LogP contribution >= 0.6 is 11.8 Å². The molecule has 0 saturated carbocycles. The fourth-order valence-corrected chi connectivity index (χ4v) is 5.57. The summed E-state index contributed by atoms with van der Waals surface area (Å²) < 4.78 is 0. The smallest absolute Gasteiger partial charge is 0.156 e. The van der Waals surface area contributed by atoms with E-state index in [1.807, 2.05) is 11.8 Å². The molecule has 0 aliphatic carbocycles. The second-order valence-electron chi connectivity index (χ2n) is 7.33. The summed E-state index contributed by atoms with van der Waals surface area (Å²) in [7, 11) is 2.33. The molecule has 4 heteroatoms. The number of amidine groups is 1. The summed E-state index contributed by atoms with van der Waals surface area (Å²) in [6.07, 6.45) is 9.33. The van der Waals surface area contributed by atoms with Crippen molar-refractivity contribution < 1.29 is 0 Å². The lowest BCUT2D eigenvalue weighted by Gasteiger charge is -2.47. The number of piperidine rings is 2. The molecule has 120 valence electrons. The molecular formula is C17H31N3S. The van der Waals surface area contributed by atoms with Gasteiger partial charge in [-0.05, 0) is 51.0 Å². The van der Waals surface area contributed by atoms with Gasteiger partial charge in [0.25, 0.3) is 0 Å². The van der Waals surface area contributed by atoms with Crippen LogP contribution in [-0.2, 0) is 0 Å². The number of thioether (sulfide) groups is 1. The Hall–Kier alpha value is -0.220. The molecule has 2 unspecified atom stereocenters. The zero-order chi connectivity index (χ0) is 14.9. The van der Waals surface area contributed by atoms with E-state index in [4.69, 9.17) is 4.99 Å². The van der Waals surface area contributed by atoms with Gasteiger partial charge in [0.05, 0.1) is 0 Å². The number of hydrogen-bond acceptors (Lipinski definition) is 4. The first-order chi connectivity index (χ1) is 10.2. The maximum Gasteiger partial charge on any atom is 0.156 e. The quantitative estimate of drug-likeness (QED) is 0.864. The van der Waals surface area contributed by atoms with Gasteiger partial charge in [-0.3, -0.25) is 4.99 Å². The zero-order valence-corrected chi connectivity index (χ0v) is 14.7. The number of hydrogen-bond donors (Lipinski definition) is 1. The Balaban J connectivity index is 1.57. The Bertz CT molecular complexity index is 377. The molecule has 3 heterocycles. The van der Waals surface area contributed by atoms with Gasteiger partial charge in [-0.25, -0.2) is 0 Å². The molecule has 0 amide bonds. The Morgan fingerprint density at radius 1 is 1.24 bits per heavy atom. The first-order valence-electron chi connectivity index (χ1n) is 8.81. The standard InChI is InChI=1S/C17H31N3S/c1-4-17(5-2)11-18-16(21-12-17)19-13-9-14-7-6-8-15(10-13)20(14)3/h13-15H,4-12H2,1-3H3,(H,18,19). The highest BCUT2D eigenvalue weighted by Crippen LogP contribution is 2.36. The number of nitrogens with one attached hydrogen (secondary N) is 1. The minimum Gasteiger partial charge on any atom is -0.362 e. The van der Waals surface area contributed by atoms with Crippen LogP contribution in [0.25, 0.3) is 0 Å². The highest BCUT2D eigenvalue weighted by atomic mass is 32.2. The lowest BCUT2D eigenvalue weighted by atomic mass is 9.82. The van der Waals surface area contributed by atoms with E-state index in [0.29, 0.717) is 11.5 Å². The third-order valence-electron chi connectivity index (χ3n) is 6.24. The van der Waals surface area contributed by atoms with Crippen molar-refractivity contribution in [1.29, 1.82) is 0 Å². The maximum atomic E-state index is 4.89. The molecule has 0 spiro atoms. The van der Waals surface area contributed by atoms with E-state index in [9.17, 15) is 0 Å². The van der Waals surface area contributed by atoms with E-state index in [0.717, 1.165) is 18.6 Å². The number of aliphatic imine (C=N–C) groups is 1. The van der Waals surface area contributed by atoms with Crippen LogP contribution in [0, 0.1) is 5.41 Å². The fraction of sp³-hybridized carbons (Fsp3) is 0.941. The summed E-state index contributed by atoms with van der Waals surface area (Å²) in [6.45, 7) is 5.65. The summed E-state index contributed by atoms with van der Waals surface area (Å²) in [6, 6.07) is 2.25. The van der Waals surface area contributed by atoms with Crippen LogP contribution < -0.4 is 5.32 Å². The SMILES string of the molecule is CCC1(CC)CN=C(NC2CC3CCCC(C2)N3C)SC1. The molecule has 2 fully saturated rings. The summed E-state index contributed by atoms with van der Waals surface area (Å²) in [4.78, 5) is 7.52. The topological polar surface area (TPSA) is 27.6 Å². The first-order valence-corrected chi connectivity index (χ1v) is 9.80. The summed E-state index contributed by atoms with van der Waals surface area (Å²) in [5.41, 5.74) is 0.457. The third kappa shape index (κ3) is 3.26. The van der Waals surface area contributed by atoms with Crippen LogP contribution in [-0.4, -0.2) is 47.5 Å². The molecule has 2 atom stereocenters. The van der Waals surface area contributed by atoms with Crippen molar-refractivity contribution in [2.75, 3.05) is 19.3 Å². The van der Waals surface area contributed by atoms with Gasteiger partial charge in [0.2, 0.25) is 0 Å². The van der Waals surface area contributed by atoms with Gasteiger partial charge < -0.3 is 10.2 Å². The third-order valence-corrected chi connectivity index (χ3v) is 7.52. The van der Waals surface area contributed by atoms with Crippen molar-refractivity contribution in [2.24, 2.45) is 10.4 Å². The largest absolute Gasteiger partial charge is 0.362 e. The molecule has 21 heavy (non-hydrogen) atoms. The normalized spacial score (nSPS) is 36.1. The molecule has 0 aromatic carbocycles. The summed E-state index contributed by atoms with van der Waals surface area (Å²) in [5.74, 6) is 1.24. The van der Waals surface area contributed by atoms with E-state index in [-0.39, 0.29) is 0 Å². The Morgan fingerprint density at radius 2 is 1.90 bits per heavy atom. The predicted octanol–water partition coefficient (Wildman–Crippen LogP) is 3.50. The predicted molar refractivity (Wildman–Crippen MR) is 93.1 cm³/mol. The second kappa shape index (κ2) is 6.49. The number of fused-ring (bicyclic) bond motifs is 2. The van der Waals surface area contributed by atoms with E-state index in [1.54, 1.807) is 0 Å². The van der Waals surface area contributed by atoms with Gasteiger partial charge in [0, 0.05) is 30.4 Å². The summed E-state index contributed by atoms with van der Waals surface area (Å²) in [5, 5.41) is 5.00. The average Bonchev–Trinajstić information content (AvgIpc) is 2.49. The van der Waals surface area contributed by atoms with Crippen LogP contribution in [0.15, 0.2) is 4.99 Å². The van der Waals surface area contributed by atoms with Crippen LogP contribution in [0.3, 0.4) is 0 Å². The summed E-state index contributed by atoms with van der Waals surface area (Å²) >= 11 is 1.97. The van der Waals surface area contributed by atoms with Crippen molar-refractivity contribution in [2.45, 2.75) is 76.9 Å². The van der Waals surface area contributed by atoms with E-state index in [1.165, 1.54) is 55.9 Å². The lowest BCUT2D eigenvalue weighted by Crippen LogP contribution is -2.55. The lowest BCUT2D eigenvalue weighted by molar-refractivity contribution is 0.0530. The van der Waals surface area contributed by atoms with Crippen LogP contribution in [0.1, 0.15) is 58.8 Å². The van der Waals surface area contributed by atoms with E-state index in [2.05, 4.69) is 31.1 Å². The molecule has 0 aromatic rings. The van der Waals surface area contributed by atoms with Gasteiger partial charge >= 0.3 is 0 Å². The molecular weight excluding hydrogens is 278 g/mol. The second-order valence-corrected chi connectivity index (χ2v) is 8.30. The van der Waals surface area contributed by atoms with Crippen molar-refractivity contribution >= 4 is 16.9 Å². The van der Waals surface area contributed by atoms with Gasteiger partial charge in [-0.1, -0.05) is 32.0 Å². The maximum absolute atomic E-state index is 4.89. The highest BCUT2D eigenvalue weighted by Gasteiger charge is 2.37. The van der Waals surface area contributed by atoms with Crippen molar-refractivity contribution in [3.63, 3.8) is 0 Å². The van der Waals surface area contributed by atoms with Crippen molar-refractivity contribution in [1.82, 2.24) is 10.2 Å². The molecule has 0 radical (unpaired) electrons. The molecule has 3 nitrogen and oxygen atoms in total. The average molecular weight is 310 g/mol. The molecule has 1 N–H and O–H groups in total. The fourth-order valence-electron chi connectivity index (χ4n) is 4.23. The van der Waals surface area contributed by atoms with Crippen LogP contribution in [0.2, 0.25) is 0 Å². The van der Waals surface area contributed by atoms with E-state index >= 15 is 0 Å². The van der Waals surface area contributed by atoms with E-state index < -0.39 is 0 Å². The molecule has 2 bridgehead atoms. The Morgan fingerprint density at radius 3 is 2.43 bits per heavy atom. The van der Waals surface area contributed by atoms with Crippen LogP contribution in [0.5, 0.6) is 0 Å². The van der Waals surface area contributed by atoms with Crippen LogP contribution in [0.4, 0.5) is 0 Å².